The summed E-state index contributed by atoms with van der Waals surface area (Å²) < 4.78 is 0. The first-order chi connectivity index (χ1) is 13.6. The third kappa shape index (κ3) is 3.97. The van der Waals surface area contributed by atoms with Crippen molar-refractivity contribution in [3.05, 3.63) is 40.7 Å². The zero-order valence-corrected chi connectivity index (χ0v) is 16.1. The van der Waals surface area contributed by atoms with Gasteiger partial charge in [-0.15, -0.1) is 0 Å². The molecule has 2 amide bonds. The van der Waals surface area contributed by atoms with Gasteiger partial charge in [-0.25, -0.2) is 4.98 Å². The van der Waals surface area contributed by atoms with E-state index in [9.17, 15) is 9.59 Å². The van der Waals surface area contributed by atoms with E-state index in [1.807, 2.05) is 17.0 Å². The van der Waals surface area contributed by atoms with E-state index in [0.29, 0.717) is 50.6 Å². The van der Waals surface area contributed by atoms with E-state index in [1.165, 1.54) is 11.3 Å². The first-order valence-corrected chi connectivity index (χ1v) is 10.0. The summed E-state index contributed by atoms with van der Waals surface area (Å²) in [4.78, 5) is 38.0. The largest absolute Gasteiger partial charge is 0.337 e. The summed E-state index contributed by atoms with van der Waals surface area (Å²) >= 11 is 1.43. The molecule has 0 aliphatic carbocycles. The van der Waals surface area contributed by atoms with Crippen LogP contribution in [0.25, 0.3) is 0 Å². The second-order valence-corrected chi connectivity index (χ2v) is 8.09. The van der Waals surface area contributed by atoms with Crippen LogP contribution in [0.15, 0.2) is 24.5 Å². The van der Waals surface area contributed by atoms with E-state index >= 15 is 0 Å². The van der Waals surface area contributed by atoms with Crippen molar-refractivity contribution in [3.8, 4) is 6.19 Å². The average molecular weight is 396 g/mol. The molecule has 2 aliphatic heterocycles. The number of hydrogen-bond acceptors (Lipinski definition) is 7. The van der Waals surface area contributed by atoms with Gasteiger partial charge in [-0.05, 0) is 24.1 Å². The van der Waals surface area contributed by atoms with Gasteiger partial charge in [0.1, 0.15) is 0 Å². The molecule has 0 spiro atoms. The van der Waals surface area contributed by atoms with Crippen molar-refractivity contribution in [1.82, 2.24) is 19.8 Å². The van der Waals surface area contributed by atoms with Gasteiger partial charge >= 0.3 is 0 Å². The minimum atomic E-state index is -0.181. The van der Waals surface area contributed by atoms with Crippen LogP contribution in [0.2, 0.25) is 0 Å². The minimum Gasteiger partial charge on any atom is -0.337 e. The maximum absolute atomic E-state index is 12.6. The molecule has 28 heavy (non-hydrogen) atoms. The summed E-state index contributed by atoms with van der Waals surface area (Å²) in [5.41, 5.74) is 1.91. The molecule has 0 saturated carbocycles. The van der Waals surface area contributed by atoms with E-state index < -0.39 is 0 Å². The molecule has 0 aromatic carbocycles. The molecule has 1 fully saturated rings. The standard InChI is InChI=1S/C19H20N6O2S/c20-12-24-7-3-14(10-24)18(27)23-19-22-15-4-8-25(11-16(15)28-19)17(26)9-13-1-5-21-6-2-13/h1-2,5-6,14H,3-4,7-11H2,(H,22,23,27)/t14-/m0/s1. The summed E-state index contributed by atoms with van der Waals surface area (Å²) in [5.74, 6) is -0.188. The SMILES string of the molecule is N#CN1CC[C@H](C(=O)Nc2nc3c(s2)CN(C(=O)Cc2ccncc2)CC3)C1. The van der Waals surface area contributed by atoms with Crippen molar-refractivity contribution < 1.29 is 9.59 Å². The van der Waals surface area contributed by atoms with E-state index in [0.717, 1.165) is 16.1 Å². The van der Waals surface area contributed by atoms with E-state index in [4.69, 9.17) is 5.26 Å². The Morgan fingerprint density at radius 2 is 2.14 bits per heavy atom. The Hall–Kier alpha value is -2.99. The zero-order chi connectivity index (χ0) is 19.5. The first kappa shape index (κ1) is 18.4. The predicted molar refractivity (Wildman–Crippen MR) is 103 cm³/mol. The fraction of sp³-hybridized carbons (Fsp3) is 0.421. The number of thiazole rings is 1. The fourth-order valence-corrected chi connectivity index (χ4v) is 4.55. The number of fused-ring (bicyclic) bond motifs is 1. The van der Waals surface area contributed by atoms with Gasteiger partial charge in [0.2, 0.25) is 11.8 Å². The van der Waals surface area contributed by atoms with Crippen molar-refractivity contribution in [2.75, 3.05) is 25.0 Å². The summed E-state index contributed by atoms with van der Waals surface area (Å²) in [6.07, 6.45) is 7.19. The van der Waals surface area contributed by atoms with Gasteiger partial charge in [0.05, 0.1) is 24.6 Å². The van der Waals surface area contributed by atoms with Crippen LogP contribution in [0, 0.1) is 17.4 Å². The van der Waals surface area contributed by atoms with Crippen molar-refractivity contribution in [2.24, 2.45) is 5.92 Å². The Balaban J connectivity index is 1.36. The monoisotopic (exact) mass is 396 g/mol. The first-order valence-electron chi connectivity index (χ1n) is 9.23. The van der Waals surface area contributed by atoms with Gasteiger partial charge in [-0.2, -0.15) is 5.26 Å². The number of likely N-dealkylation sites (tertiary alicyclic amines) is 1. The Bertz CT molecular complexity index is 922. The summed E-state index contributed by atoms with van der Waals surface area (Å²) in [7, 11) is 0. The van der Waals surface area contributed by atoms with Gasteiger partial charge in [0.25, 0.3) is 0 Å². The van der Waals surface area contributed by atoms with E-state index in [-0.39, 0.29) is 17.7 Å². The normalized spacial score (nSPS) is 18.5. The molecule has 0 unspecified atom stereocenters. The number of nitrogens with one attached hydrogen (secondary N) is 1. The molecule has 144 valence electrons. The summed E-state index contributed by atoms with van der Waals surface area (Å²) in [6.45, 7) is 2.24. The predicted octanol–water partition coefficient (Wildman–Crippen LogP) is 1.41. The van der Waals surface area contributed by atoms with Crippen molar-refractivity contribution in [1.29, 1.82) is 5.26 Å². The van der Waals surface area contributed by atoms with Crippen LogP contribution in [-0.2, 0) is 29.0 Å². The number of carbonyl (C=O) groups is 2. The molecule has 8 nitrogen and oxygen atoms in total. The quantitative estimate of drug-likeness (QED) is 0.784. The number of aromatic nitrogens is 2. The third-order valence-electron chi connectivity index (χ3n) is 5.12. The van der Waals surface area contributed by atoms with Crippen LogP contribution < -0.4 is 5.32 Å². The molecule has 1 saturated heterocycles. The lowest BCUT2D eigenvalue weighted by molar-refractivity contribution is -0.131. The van der Waals surface area contributed by atoms with Crippen LogP contribution in [0.3, 0.4) is 0 Å². The van der Waals surface area contributed by atoms with Crippen molar-refractivity contribution >= 4 is 28.3 Å². The molecule has 9 heteroatoms. The Labute approximate surface area is 166 Å². The summed E-state index contributed by atoms with van der Waals surface area (Å²) in [6, 6.07) is 3.70. The Morgan fingerprint density at radius 1 is 1.32 bits per heavy atom. The van der Waals surface area contributed by atoms with Gasteiger partial charge in [0, 0.05) is 43.3 Å². The molecule has 2 aromatic rings. The molecule has 2 aromatic heterocycles. The number of amides is 2. The van der Waals surface area contributed by atoms with Gasteiger partial charge in [0.15, 0.2) is 11.3 Å². The maximum Gasteiger partial charge on any atom is 0.231 e. The van der Waals surface area contributed by atoms with Crippen LogP contribution in [-0.4, -0.2) is 51.2 Å². The third-order valence-corrected chi connectivity index (χ3v) is 6.12. The highest BCUT2D eigenvalue weighted by molar-refractivity contribution is 7.15. The maximum atomic E-state index is 12.6. The van der Waals surface area contributed by atoms with Crippen LogP contribution in [0.5, 0.6) is 0 Å². The van der Waals surface area contributed by atoms with Crippen LogP contribution in [0.4, 0.5) is 5.13 Å². The van der Waals surface area contributed by atoms with Crippen LogP contribution >= 0.6 is 11.3 Å². The fourth-order valence-electron chi connectivity index (χ4n) is 3.52. The number of anilines is 1. The van der Waals surface area contributed by atoms with Crippen LogP contribution in [0.1, 0.15) is 22.6 Å². The topological polar surface area (TPSA) is 102 Å². The lowest BCUT2D eigenvalue weighted by Gasteiger charge is -2.26. The number of carbonyl (C=O) groups excluding carboxylic acids is 2. The Morgan fingerprint density at radius 3 is 2.89 bits per heavy atom. The van der Waals surface area contributed by atoms with Gasteiger partial charge in [-0.3, -0.25) is 14.6 Å². The Kier molecular flexibility index (Phi) is 5.21. The highest BCUT2D eigenvalue weighted by Gasteiger charge is 2.29. The molecular weight excluding hydrogens is 376 g/mol. The second-order valence-electron chi connectivity index (χ2n) is 7.01. The van der Waals surface area contributed by atoms with E-state index in [1.54, 1.807) is 17.3 Å². The number of nitrogens with zero attached hydrogens (tertiary/aromatic N) is 5. The summed E-state index contributed by atoms with van der Waals surface area (Å²) in [5, 5.41) is 12.4. The molecule has 4 rings (SSSR count). The molecule has 1 atom stereocenters. The second kappa shape index (κ2) is 7.94. The van der Waals surface area contributed by atoms with Crippen molar-refractivity contribution in [3.63, 3.8) is 0 Å². The lowest BCUT2D eigenvalue weighted by Crippen LogP contribution is -2.36. The molecule has 0 bridgehead atoms. The van der Waals surface area contributed by atoms with Crippen molar-refractivity contribution in [2.45, 2.75) is 25.8 Å². The number of nitriles is 1. The molecule has 4 heterocycles. The molecule has 0 radical (unpaired) electrons. The molecular formula is C19H20N6O2S. The highest BCUT2D eigenvalue weighted by Crippen LogP contribution is 2.29. The lowest BCUT2D eigenvalue weighted by atomic mass is 10.1. The highest BCUT2D eigenvalue weighted by atomic mass is 32.1. The van der Waals surface area contributed by atoms with E-state index in [2.05, 4.69) is 21.5 Å². The minimum absolute atomic E-state index is 0.0818. The average Bonchev–Trinajstić information content (AvgIpc) is 3.34. The smallest absolute Gasteiger partial charge is 0.231 e. The zero-order valence-electron chi connectivity index (χ0n) is 15.3. The number of rotatable bonds is 4. The number of pyridine rings is 1. The molecule has 1 N–H and O–H groups in total. The van der Waals surface area contributed by atoms with Gasteiger partial charge < -0.3 is 15.1 Å². The molecule has 2 aliphatic rings. The number of hydrogen-bond donors (Lipinski definition) is 1. The van der Waals surface area contributed by atoms with Gasteiger partial charge in [-0.1, -0.05) is 11.3 Å².